The molecule has 6 heteroatoms. The molecule has 3 aromatic rings. The summed E-state index contributed by atoms with van der Waals surface area (Å²) >= 11 is 0. The summed E-state index contributed by atoms with van der Waals surface area (Å²) in [5.74, 6) is 0.373. The van der Waals surface area contributed by atoms with Gasteiger partial charge in [-0.2, -0.15) is 0 Å². The molecule has 0 bridgehead atoms. The topological polar surface area (TPSA) is 71.0 Å². The quantitative estimate of drug-likeness (QED) is 0.699. The molecule has 0 aliphatic carbocycles. The molecule has 0 atom stereocenters. The lowest BCUT2D eigenvalue weighted by Gasteiger charge is -2.16. The van der Waals surface area contributed by atoms with Gasteiger partial charge >= 0.3 is 0 Å². The Morgan fingerprint density at radius 3 is 2.30 bits per heavy atom. The first-order chi connectivity index (χ1) is 13.2. The third-order valence-electron chi connectivity index (χ3n) is 4.35. The lowest BCUT2D eigenvalue weighted by molar-refractivity contribution is 0.102. The van der Waals surface area contributed by atoms with Crippen LogP contribution in [0.3, 0.4) is 0 Å². The van der Waals surface area contributed by atoms with Crippen molar-refractivity contribution in [3.63, 3.8) is 0 Å². The molecule has 0 saturated carbocycles. The number of hydrogen-bond acceptors (Lipinski definition) is 5. The van der Waals surface area contributed by atoms with Crippen LogP contribution in [0.4, 0.5) is 11.6 Å². The maximum Gasteiger partial charge on any atom is 0.258 e. The van der Waals surface area contributed by atoms with Crippen LogP contribution >= 0.6 is 0 Å². The maximum atomic E-state index is 12.3. The molecule has 27 heavy (non-hydrogen) atoms. The largest absolute Gasteiger partial charge is 0.344 e. The van der Waals surface area contributed by atoms with E-state index in [-0.39, 0.29) is 5.91 Å². The molecule has 0 radical (unpaired) electrons. The Kier molecular flexibility index (Phi) is 6.10. The van der Waals surface area contributed by atoms with Crippen LogP contribution in [-0.4, -0.2) is 34.5 Å². The number of carbonyl (C=O) groups is 1. The highest BCUT2D eigenvalue weighted by Crippen LogP contribution is 2.12. The van der Waals surface area contributed by atoms with Crippen LogP contribution in [0, 0.1) is 0 Å². The van der Waals surface area contributed by atoms with Gasteiger partial charge in [-0.1, -0.05) is 19.1 Å². The summed E-state index contributed by atoms with van der Waals surface area (Å²) in [4.78, 5) is 27.0. The average Bonchev–Trinajstić information content (AvgIpc) is 2.73. The first kappa shape index (κ1) is 18.5. The second-order valence-corrected chi connectivity index (χ2v) is 6.30. The summed E-state index contributed by atoms with van der Waals surface area (Å²) in [6.07, 6.45) is 8.53. The highest BCUT2D eigenvalue weighted by atomic mass is 16.1. The molecule has 138 valence electrons. The maximum absolute atomic E-state index is 12.3. The van der Waals surface area contributed by atoms with E-state index in [9.17, 15) is 4.79 Å². The van der Waals surface area contributed by atoms with Crippen molar-refractivity contribution in [1.29, 1.82) is 0 Å². The van der Waals surface area contributed by atoms with Crippen molar-refractivity contribution < 1.29 is 4.79 Å². The summed E-state index contributed by atoms with van der Waals surface area (Å²) in [6, 6.07) is 11.8. The van der Waals surface area contributed by atoms with Gasteiger partial charge in [0.25, 0.3) is 5.91 Å². The molecular formula is C21H23N5O. The second kappa shape index (κ2) is 8.89. The average molecular weight is 361 g/mol. The fourth-order valence-electron chi connectivity index (χ4n) is 2.61. The fraction of sp³-hybridized carbons (Fsp3) is 0.238. The molecule has 0 aliphatic heterocycles. The number of carbonyl (C=O) groups excluding carboxylic acids is 1. The molecular weight excluding hydrogens is 338 g/mol. The number of hydrogen-bond donors (Lipinski definition) is 1. The molecule has 0 spiro atoms. The van der Waals surface area contributed by atoms with Crippen molar-refractivity contribution in [2.75, 3.05) is 23.8 Å². The van der Waals surface area contributed by atoms with Gasteiger partial charge in [-0.25, -0.2) is 9.97 Å². The Bertz CT molecular complexity index is 863. The molecule has 1 aromatic carbocycles. The number of amides is 1. The number of aromatic nitrogens is 3. The lowest BCUT2D eigenvalue weighted by atomic mass is 10.1. The predicted molar refractivity (Wildman–Crippen MR) is 107 cm³/mol. The zero-order chi connectivity index (χ0) is 19.1. The van der Waals surface area contributed by atoms with Crippen LogP contribution in [0.25, 0.3) is 0 Å². The Hall–Kier alpha value is -3.28. The summed E-state index contributed by atoms with van der Waals surface area (Å²) in [5.41, 5.74) is 3.63. The Morgan fingerprint density at radius 1 is 1.00 bits per heavy atom. The van der Waals surface area contributed by atoms with Gasteiger partial charge < -0.3 is 10.2 Å². The van der Waals surface area contributed by atoms with Gasteiger partial charge in [0.15, 0.2) is 0 Å². The van der Waals surface area contributed by atoms with E-state index in [1.807, 2.05) is 48.3 Å². The molecule has 2 aromatic heterocycles. The van der Waals surface area contributed by atoms with Gasteiger partial charge in [0.2, 0.25) is 5.95 Å². The minimum absolute atomic E-state index is 0.217. The van der Waals surface area contributed by atoms with Crippen molar-refractivity contribution in [3.05, 3.63) is 77.9 Å². The summed E-state index contributed by atoms with van der Waals surface area (Å²) in [6.45, 7) is 2.87. The van der Waals surface area contributed by atoms with Gasteiger partial charge in [0.1, 0.15) is 0 Å². The summed E-state index contributed by atoms with van der Waals surface area (Å²) in [5, 5.41) is 2.87. The molecule has 0 fully saturated rings. The van der Waals surface area contributed by atoms with Gasteiger partial charge in [0.05, 0.1) is 5.56 Å². The number of likely N-dealkylation sites (N-methyl/N-ethyl adjacent to an activating group) is 1. The van der Waals surface area contributed by atoms with E-state index in [1.165, 1.54) is 11.1 Å². The third kappa shape index (κ3) is 5.10. The Balaban J connectivity index is 1.57. The highest BCUT2D eigenvalue weighted by molar-refractivity contribution is 6.03. The van der Waals surface area contributed by atoms with Crippen LogP contribution in [-0.2, 0) is 12.8 Å². The van der Waals surface area contributed by atoms with E-state index in [0.717, 1.165) is 25.1 Å². The van der Waals surface area contributed by atoms with Gasteiger partial charge in [-0.05, 0) is 48.2 Å². The van der Waals surface area contributed by atoms with E-state index >= 15 is 0 Å². The van der Waals surface area contributed by atoms with Gasteiger partial charge in [-0.3, -0.25) is 9.78 Å². The second-order valence-electron chi connectivity index (χ2n) is 6.30. The monoisotopic (exact) mass is 361 g/mol. The number of benzene rings is 1. The van der Waals surface area contributed by atoms with Crippen molar-refractivity contribution >= 4 is 17.5 Å². The molecule has 2 heterocycles. The smallest absolute Gasteiger partial charge is 0.258 e. The van der Waals surface area contributed by atoms with E-state index < -0.39 is 0 Å². The number of aryl methyl sites for hydroxylation is 1. The van der Waals surface area contributed by atoms with Crippen molar-refractivity contribution in [1.82, 2.24) is 15.0 Å². The zero-order valence-corrected chi connectivity index (χ0v) is 15.6. The number of nitrogens with zero attached hydrogens (tertiary/aromatic N) is 4. The van der Waals surface area contributed by atoms with Gasteiger partial charge in [0, 0.05) is 44.1 Å². The number of anilines is 2. The number of pyridine rings is 1. The Labute approximate surface area is 159 Å². The van der Waals surface area contributed by atoms with E-state index in [4.69, 9.17) is 0 Å². The standard InChI is InChI=1S/C21H23N5O/c1-3-16-4-6-19(7-5-16)25-20(27)18-14-23-21(24-15-18)26(2)13-10-17-8-11-22-12-9-17/h4-9,11-12,14-15H,3,10,13H2,1-2H3,(H,25,27). The molecule has 1 amide bonds. The van der Waals surface area contributed by atoms with E-state index in [1.54, 1.807) is 24.8 Å². The lowest BCUT2D eigenvalue weighted by Crippen LogP contribution is -2.23. The number of rotatable bonds is 7. The van der Waals surface area contributed by atoms with Crippen molar-refractivity contribution in [2.45, 2.75) is 19.8 Å². The molecule has 0 unspecified atom stereocenters. The van der Waals surface area contributed by atoms with Gasteiger partial charge in [-0.15, -0.1) is 0 Å². The molecule has 6 nitrogen and oxygen atoms in total. The van der Waals surface area contributed by atoms with Crippen LogP contribution in [0.1, 0.15) is 28.4 Å². The summed E-state index contributed by atoms with van der Waals surface area (Å²) < 4.78 is 0. The third-order valence-corrected chi connectivity index (χ3v) is 4.35. The first-order valence-corrected chi connectivity index (χ1v) is 8.98. The summed E-state index contributed by atoms with van der Waals surface area (Å²) in [7, 11) is 1.94. The SMILES string of the molecule is CCc1ccc(NC(=O)c2cnc(N(C)CCc3ccncc3)nc2)cc1. The molecule has 3 rings (SSSR count). The van der Waals surface area contributed by atoms with Crippen LogP contribution in [0.2, 0.25) is 0 Å². The normalized spacial score (nSPS) is 10.4. The van der Waals surface area contributed by atoms with E-state index in [2.05, 4.69) is 27.2 Å². The first-order valence-electron chi connectivity index (χ1n) is 8.98. The van der Waals surface area contributed by atoms with Crippen LogP contribution in [0.15, 0.2) is 61.2 Å². The Morgan fingerprint density at radius 2 is 1.67 bits per heavy atom. The fourth-order valence-corrected chi connectivity index (χ4v) is 2.61. The zero-order valence-electron chi connectivity index (χ0n) is 15.6. The minimum atomic E-state index is -0.217. The molecule has 0 saturated heterocycles. The molecule has 1 N–H and O–H groups in total. The van der Waals surface area contributed by atoms with Crippen molar-refractivity contribution in [2.24, 2.45) is 0 Å². The van der Waals surface area contributed by atoms with Crippen LogP contribution in [0.5, 0.6) is 0 Å². The van der Waals surface area contributed by atoms with Crippen LogP contribution < -0.4 is 10.2 Å². The highest BCUT2D eigenvalue weighted by Gasteiger charge is 2.10. The van der Waals surface area contributed by atoms with Crippen molar-refractivity contribution in [3.8, 4) is 0 Å². The number of nitrogens with one attached hydrogen (secondary N) is 1. The minimum Gasteiger partial charge on any atom is -0.344 e. The predicted octanol–water partition coefficient (Wildman–Crippen LogP) is 3.37. The molecule has 0 aliphatic rings. The van der Waals surface area contributed by atoms with E-state index in [0.29, 0.717) is 11.5 Å².